The molecule has 1 aromatic rings. The first-order valence-corrected chi connectivity index (χ1v) is 6.10. The van der Waals surface area contributed by atoms with Crippen LogP contribution in [0.5, 0.6) is 5.75 Å². The lowest BCUT2D eigenvalue weighted by molar-refractivity contribution is -0.134. The van der Waals surface area contributed by atoms with Gasteiger partial charge in [0.25, 0.3) is 5.92 Å². The average Bonchev–Trinajstić information content (AvgIpc) is 2.25. The van der Waals surface area contributed by atoms with Crippen LogP contribution in [-0.2, 0) is 11.2 Å². The molecule has 1 aromatic heterocycles. The zero-order valence-electron chi connectivity index (χ0n) is 10.9. The van der Waals surface area contributed by atoms with E-state index in [1.165, 1.54) is 0 Å². The topological polar surface area (TPSA) is 51.2 Å². The molecule has 0 spiro atoms. The van der Waals surface area contributed by atoms with E-state index in [-0.39, 0.29) is 25.2 Å². The Morgan fingerprint density at radius 3 is 2.79 bits per heavy atom. The molecule has 0 aromatic carbocycles. The molecule has 0 atom stereocenters. The van der Waals surface area contributed by atoms with E-state index < -0.39 is 12.0 Å². The number of carbonyl (C=O) groups is 1. The third-order valence-electron chi connectivity index (χ3n) is 2.96. The van der Waals surface area contributed by atoms with Crippen molar-refractivity contribution < 1.29 is 18.3 Å². The molecule has 6 heteroatoms. The first-order valence-electron chi connectivity index (χ1n) is 6.10. The van der Waals surface area contributed by atoms with Gasteiger partial charge in [-0.3, -0.25) is 9.78 Å². The largest absolute Gasteiger partial charge is 0.490 e. The van der Waals surface area contributed by atoms with Crippen LogP contribution in [0.3, 0.4) is 0 Å². The van der Waals surface area contributed by atoms with Crippen molar-refractivity contribution in [2.45, 2.75) is 38.2 Å². The van der Waals surface area contributed by atoms with Crippen molar-refractivity contribution in [2.75, 3.05) is 7.05 Å². The quantitative estimate of drug-likeness (QED) is 0.908. The van der Waals surface area contributed by atoms with E-state index >= 15 is 0 Å². The lowest BCUT2D eigenvalue weighted by Gasteiger charge is -2.34. The Balaban J connectivity index is 2.03. The van der Waals surface area contributed by atoms with Gasteiger partial charge in [-0.05, 0) is 6.92 Å². The number of hydrogen-bond acceptors (Lipinski definition) is 3. The highest BCUT2D eigenvalue weighted by Gasteiger charge is 2.47. The van der Waals surface area contributed by atoms with Crippen LogP contribution < -0.4 is 10.1 Å². The van der Waals surface area contributed by atoms with Crippen LogP contribution in [-0.4, -0.2) is 30.0 Å². The molecule has 0 saturated heterocycles. The Labute approximate surface area is 110 Å². The maximum atomic E-state index is 12.7. The van der Waals surface area contributed by atoms with Gasteiger partial charge in [0.15, 0.2) is 0 Å². The van der Waals surface area contributed by atoms with E-state index in [2.05, 4.69) is 10.3 Å². The molecule has 1 fully saturated rings. The standard InChI is InChI=1S/C13H16F2N2O2/c1-8-3-10(19-11-6-13(14,15)7-11)4-9(17-8)5-12(18)16-2/h3-4,11H,5-7H2,1-2H3,(H,16,18). The highest BCUT2D eigenvalue weighted by Crippen LogP contribution is 2.39. The molecule has 1 N–H and O–H groups in total. The lowest BCUT2D eigenvalue weighted by atomic mass is 9.91. The highest BCUT2D eigenvalue weighted by molar-refractivity contribution is 5.77. The molecule has 19 heavy (non-hydrogen) atoms. The molecule has 1 aliphatic rings. The van der Waals surface area contributed by atoms with Gasteiger partial charge in [0.05, 0.1) is 12.1 Å². The molecule has 4 nitrogen and oxygen atoms in total. The fourth-order valence-corrected chi connectivity index (χ4v) is 2.00. The summed E-state index contributed by atoms with van der Waals surface area (Å²) in [7, 11) is 1.55. The summed E-state index contributed by atoms with van der Waals surface area (Å²) in [6.45, 7) is 1.77. The number of aromatic nitrogens is 1. The van der Waals surface area contributed by atoms with Gasteiger partial charge in [0.1, 0.15) is 11.9 Å². The molecule has 1 amide bonds. The van der Waals surface area contributed by atoms with E-state index in [0.29, 0.717) is 17.1 Å². The third-order valence-corrected chi connectivity index (χ3v) is 2.96. The summed E-state index contributed by atoms with van der Waals surface area (Å²) in [4.78, 5) is 15.5. The van der Waals surface area contributed by atoms with E-state index in [4.69, 9.17) is 4.74 Å². The number of halogens is 2. The number of aryl methyl sites for hydroxylation is 1. The van der Waals surface area contributed by atoms with Gasteiger partial charge in [-0.25, -0.2) is 8.78 Å². The van der Waals surface area contributed by atoms with Crippen molar-refractivity contribution in [3.05, 3.63) is 23.5 Å². The average molecular weight is 270 g/mol. The monoisotopic (exact) mass is 270 g/mol. The van der Waals surface area contributed by atoms with Gasteiger partial charge in [-0.15, -0.1) is 0 Å². The molecule has 1 saturated carbocycles. The fraction of sp³-hybridized carbons (Fsp3) is 0.538. The zero-order valence-corrected chi connectivity index (χ0v) is 10.9. The van der Waals surface area contributed by atoms with Gasteiger partial charge in [-0.2, -0.15) is 0 Å². The predicted molar refractivity (Wildman–Crippen MR) is 65.3 cm³/mol. The van der Waals surface area contributed by atoms with Crippen LogP contribution in [0.2, 0.25) is 0 Å². The van der Waals surface area contributed by atoms with Crippen LogP contribution in [0, 0.1) is 6.92 Å². The van der Waals surface area contributed by atoms with E-state index in [0.717, 1.165) is 0 Å². The second-order valence-electron chi connectivity index (χ2n) is 4.79. The Morgan fingerprint density at radius 1 is 1.53 bits per heavy atom. The number of nitrogens with zero attached hydrogens (tertiary/aromatic N) is 1. The molecule has 2 rings (SSSR count). The minimum Gasteiger partial charge on any atom is -0.490 e. The number of amides is 1. The fourth-order valence-electron chi connectivity index (χ4n) is 2.00. The van der Waals surface area contributed by atoms with Gasteiger partial charge in [0.2, 0.25) is 5.91 Å². The third kappa shape index (κ3) is 3.62. The Kier molecular flexibility index (Phi) is 3.68. The van der Waals surface area contributed by atoms with Gasteiger partial charge < -0.3 is 10.1 Å². The first-order chi connectivity index (χ1) is 8.88. The van der Waals surface area contributed by atoms with Crippen LogP contribution in [0.25, 0.3) is 0 Å². The van der Waals surface area contributed by atoms with Crippen molar-refractivity contribution in [1.29, 1.82) is 0 Å². The Hall–Kier alpha value is -1.72. The second kappa shape index (κ2) is 5.11. The maximum Gasteiger partial charge on any atom is 0.255 e. The van der Waals surface area contributed by atoms with Gasteiger partial charge in [-0.1, -0.05) is 0 Å². The summed E-state index contributed by atoms with van der Waals surface area (Å²) < 4.78 is 30.9. The summed E-state index contributed by atoms with van der Waals surface area (Å²) >= 11 is 0. The molecule has 0 bridgehead atoms. The van der Waals surface area contributed by atoms with Crippen LogP contribution in [0.1, 0.15) is 24.2 Å². The number of hydrogen-bond donors (Lipinski definition) is 1. The highest BCUT2D eigenvalue weighted by atomic mass is 19.3. The smallest absolute Gasteiger partial charge is 0.255 e. The number of pyridine rings is 1. The number of rotatable bonds is 4. The molecular weight excluding hydrogens is 254 g/mol. The predicted octanol–water partition coefficient (Wildman–Crippen LogP) is 1.86. The number of alkyl halides is 2. The second-order valence-corrected chi connectivity index (χ2v) is 4.79. The summed E-state index contributed by atoms with van der Waals surface area (Å²) in [6.07, 6.45) is -0.808. The van der Waals surface area contributed by atoms with Gasteiger partial charge >= 0.3 is 0 Å². The minimum atomic E-state index is -2.60. The Bertz CT molecular complexity index is 484. The van der Waals surface area contributed by atoms with Crippen molar-refractivity contribution in [1.82, 2.24) is 10.3 Å². The molecule has 104 valence electrons. The van der Waals surface area contributed by atoms with E-state index in [1.54, 1.807) is 26.1 Å². The van der Waals surface area contributed by atoms with Crippen molar-refractivity contribution in [3.8, 4) is 5.75 Å². The summed E-state index contributed by atoms with van der Waals surface area (Å²) in [6, 6.07) is 3.31. The molecule has 0 radical (unpaired) electrons. The molecule has 0 aliphatic heterocycles. The zero-order chi connectivity index (χ0) is 14.0. The number of nitrogens with one attached hydrogen (secondary N) is 1. The van der Waals surface area contributed by atoms with Gasteiger partial charge in [0, 0.05) is 37.7 Å². The molecule has 1 aliphatic carbocycles. The SMILES string of the molecule is CNC(=O)Cc1cc(OC2CC(F)(F)C2)cc(C)n1. The van der Waals surface area contributed by atoms with E-state index in [1.807, 2.05) is 0 Å². The summed E-state index contributed by atoms with van der Waals surface area (Å²) in [5.74, 6) is -2.26. The number of likely N-dealkylation sites (N-methyl/N-ethyl adjacent to an activating group) is 1. The van der Waals surface area contributed by atoms with Crippen LogP contribution >= 0.6 is 0 Å². The summed E-state index contributed by atoms with van der Waals surface area (Å²) in [5, 5.41) is 2.51. The van der Waals surface area contributed by atoms with E-state index in [9.17, 15) is 13.6 Å². The molecule has 1 heterocycles. The van der Waals surface area contributed by atoms with Crippen molar-refractivity contribution in [2.24, 2.45) is 0 Å². The van der Waals surface area contributed by atoms with Crippen LogP contribution in [0.15, 0.2) is 12.1 Å². The number of carbonyl (C=O) groups excluding carboxylic acids is 1. The first kappa shape index (κ1) is 13.7. The lowest BCUT2D eigenvalue weighted by Crippen LogP contribution is -2.43. The number of ether oxygens (including phenoxy) is 1. The molecule has 0 unspecified atom stereocenters. The Morgan fingerprint density at radius 2 is 2.21 bits per heavy atom. The van der Waals surface area contributed by atoms with Crippen LogP contribution in [0.4, 0.5) is 8.78 Å². The van der Waals surface area contributed by atoms with Crippen molar-refractivity contribution >= 4 is 5.91 Å². The maximum absolute atomic E-state index is 12.7. The van der Waals surface area contributed by atoms with Crippen molar-refractivity contribution in [3.63, 3.8) is 0 Å². The molecular formula is C13H16F2N2O2. The normalized spacial score (nSPS) is 17.7. The summed E-state index contributed by atoms with van der Waals surface area (Å²) in [5.41, 5.74) is 1.27. The minimum absolute atomic E-state index is 0.148.